The predicted molar refractivity (Wildman–Crippen MR) is 103 cm³/mol. The summed E-state index contributed by atoms with van der Waals surface area (Å²) in [5.74, 6) is 0.640. The SMILES string of the molecule is CCC(Oc1ccc(C(C)(C)C)cc1)C(=O)N[C@H](C)c1ccccc1. The predicted octanol–water partition coefficient (Wildman–Crippen LogP) is 5.02. The highest BCUT2D eigenvalue weighted by Crippen LogP contribution is 2.25. The first-order chi connectivity index (χ1) is 11.8. The first-order valence-corrected chi connectivity index (χ1v) is 8.93. The molecule has 25 heavy (non-hydrogen) atoms. The molecule has 2 aromatic carbocycles. The van der Waals surface area contributed by atoms with Gasteiger partial charge in [0, 0.05) is 0 Å². The van der Waals surface area contributed by atoms with Gasteiger partial charge in [-0.05, 0) is 42.0 Å². The number of hydrogen-bond acceptors (Lipinski definition) is 2. The van der Waals surface area contributed by atoms with E-state index >= 15 is 0 Å². The lowest BCUT2D eigenvalue weighted by molar-refractivity contribution is -0.128. The zero-order chi connectivity index (χ0) is 18.4. The van der Waals surface area contributed by atoms with E-state index in [9.17, 15) is 4.79 Å². The van der Waals surface area contributed by atoms with Crippen molar-refractivity contribution < 1.29 is 9.53 Å². The van der Waals surface area contributed by atoms with Crippen LogP contribution in [0.4, 0.5) is 0 Å². The van der Waals surface area contributed by atoms with Crippen molar-refractivity contribution in [2.45, 2.75) is 58.6 Å². The standard InChI is InChI=1S/C22H29NO2/c1-6-20(21(24)23-16(2)17-10-8-7-9-11-17)25-19-14-12-18(13-15-19)22(3,4)5/h7-16,20H,6H2,1-5H3,(H,23,24)/t16-,20?/m1/s1. The fraction of sp³-hybridized carbons (Fsp3) is 0.409. The van der Waals surface area contributed by atoms with Gasteiger partial charge in [0.2, 0.25) is 0 Å². The molecule has 2 rings (SSSR count). The molecule has 0 spiro atoms. The Balaban J connectivity index is 2.00. The maximum Gasteiger partial charge on any atom is 0.261 e. The molecule has 0 heterocycles. The molecule has 3 nitrogen and oxygen atoms in total. The number of hydrogen-bond donors (Lipinski definition) is 1. The van der Waals surface area contributed by atoms with Gasteiger partial charge in [0.15, 0.2) is 6.10 Å². The molecule has 0 aromatic heterocycles. The largest absolute Gasteiger partial charge is 0.481 e. The van der Waals surface area contributed by atoms with Crippen LogP contribution in [0.3, 0.4) is 0 Å². The van der Waals surface area contributed by atoms with Crippen molar-refractivity contribution in [3.8, 4) is 5.75 Å². The Bertz CT molecular complexity index is 671. The maximum absolute atomic E-state index is 12.6. The lowest BCUT2D eigenvalue weighted by Gasteiger charge is -2.22. The number of carbonyl (C=O) groups excluding carboxylic acids is 1. The summed E-state index contributed by atoms with van der Waals surface area (Å²) in [5, 5.41) is 3.04. The molecule has 0 fully saturated rings. The van der Waals surface area contributed by atoms with Crippen LogP contribution in [0.2, 0.25) is 0 Å². The van der Waals surface area contributed by atoms with Crippen molar-refractivity contribution in [3.05, 3.63) is 65.7 Å². The molecule has 0 bridgehead atoms. The van der Waals surface area contributed by atoms with Crippen LogP contribution < -0.4 is 10.1 Å². The molecule has 0 radical (unpaired) electrons. The second kappa shape index (κ2) is 8.19. The van der Waals surface area contributed by atoms with Gasteiger partial charge < -0.3 is 10.1 Å². The third-order valence-electron chi connectivity index (χ3n) is 4.32. The van der Waals surface area contributed by atoms with Crippen molar-refractivity contribution in [3.63, 3.8) is 0 Å². The van der Waals surface area contributed by atoms with E-state index in [-0.39, 0.29) is 17.4 Å². The van der Waals surface area contributed by atoms with Crippen molar-refractivity contribution in [2.75, 3.05) is 0 Å². The van der Waals surface area contributed by atoms with Gasteiger partial charge in [0.1, 0.15) is 5.75 Å². The molecule has 1 unspecified atom stereocenters. The molecule has 2 aromatic rings. The van der Waals surface area contributed by atoms with Gasteiger partial charge in [-0.3, -0.25) is 4.79 Å². The monoisotopic (exact) mass is 339 g/mol. The third-order valence-corrected chi connectivity index (χ3v) is 4.32. The first-order valence-electron chi connectivity index (χ1n) is 8.93. The molecular formula is C22H29NO2. The molecule has 3 heteroatoms. The number of ether oxygens (including phenoxy) is 1. The van der Waals surface area contributed by atoms with E-state index in [2.05, 4.69) is 38.2 Å². The fourth-order valence-electron chi connectivity index (χ4n) is 2.65. The van der Waals surface area contributed by atoms with E-state index in [1.54, 1.807) is 0 Å². The van der Waals surface area contributed by atoms with E-state index in [1.165, 1.54) is 5.56 Å². The number of rotatable bonds is 6. The summed E-state index contributed by atoms with van der Waals surface area (Å²) < 4.78 is 5.92. The minimum atomic E-state index is -0.494. The van der Waals surface area contributed by atoms with Gasteiger partial charge in [0.25, 0.3) is 5.91 Å². The molecular weight excluding hydrogens is 310 g/mol. The molecule has 1 N–H and O–H groups in total. The summed E-state index contributed by atoms with van der Waals surface area (Å²) >= 11 is 0. The maximum atomic E-state index is 12.6. The van der Waals surface area contributed by atoms with Gasteiger partial charge in [-0.15, -0.1) is 0 Å². The highest BCUT2D eigenvalue weighted by Gasteiger charge is 2.21. The summed E-state index contributed by atoms with van der Waals surface area (Å²) in [6, 6.07) is 17.9. The zero-order valence-corrected chi connectivity index (χ0v) is 15.9. The number of nitrogens with one attached hydrogen (secondary N) is 1. The fourth-order valence-corrected chi connectivity index (χ4v) is 2.65. The minimum Gasteiger partial charge on any atom is -0.481 e. The van der Waals surface area contributed by atoms with Gasteiger partial charge in [-0.25, -0.2) is 0 Å². The smallest absolute Gasteiger partial charge is 0.261 e. The van der Waals surface area contributed by atoms with Gasteiger partial charge in [-0.1, -0.05) is 70.2 Å². The van der Waals surface area contributed by atoms with Crippen LogP contribution in [0.5, 0.6) is 5.75 Å². The topological polar surface area (TPSA) is 38.3 Å². The average molecular weight is 339 g/mol. The molecule has 0 saturated heterocycles. The quantitative estimate of drug-likeness (QED) is 0.802. The zero-order valence-electron chi connectivity index (χ0n) is 15.9. The van der Waals surface area contributed by atoms with Crippen LogP contribution in [0.25, 0.3) is 0 Å². The highest BCUT2D eigenvalue weighted by molar-refractivity contribution is 5.81. The van der Waals surface area contributed by atoms with Crippen molar-refractivity contribution >= 4 is 5.91 Å². The lowest BCUT2D eigenvalue weighted by Crippen LogP contribution is -2.39. The van der Waals surface area contributed by atoms with Crippen LogP contribution >= 0.6 is 0 Å². The second-order valence-electron chi connectivity index (χ2n) is 7.43. The molecule has 0 aliphatic heterocycles. The number of amides is 1. The summed E-state index contributed by atoms with van der Waals surface area (Å²) in [6.45, 7) is 10.5. The molecule has 0 aliphatic rings. The van der Waals surface area contributed by atoms with Gasteiger partial charge >= 0.3 is 0 Å². The van der Waals surface area contributed by atoms with E-state index in [4.69, 9.17) is 4.74 Å². The van der Waals surface area contributed by atoms with Crippen LogP contribution in [-0.4, -0.2) is 12.0 Å². The van der Waals surface area contributed by atoms with Crippen molar-refractivity contribution in [1.82, 2.24) is 5.32 Å². The Hall–Kier alpha value is -2.29. The van der Waals surface area contributed by atoms with Gasteiger partial charge in [-0.2, -0.15) is 0 Å². The number of carbonyl (C=O) groups is 1. The van der Waals surface area contributed by atoms with Crippen LogP contribution in [0.1, 0.15) is 58.2 Å². The van der Waals surface area contributed by atoms with E-state index in [0.717, 1.165) is 11.3 Å². The molecule has 1 amide bonds. The molecule has 0 saturated carbocycles. The first kappa shape index (κ1) is 19.0. The Morgan fingerprint density at radius 1 is 1.04 bits per heavy atom. The van der Waals surface area contributed by atoms with Crippen LogP contribution in [-0.2, 0) is 10.2 Å². The van der Waals surface area contributed by atoms with Crippen molar-refractivity contribution in [1.29, 1.82) is 0 Å². The molecule has 2 atom stereocenters. The third kappa shape index (κ3) is 5.35. The van der Waals surface area contributed by atoms with Crippen molar-refractivity contribution in [2.24, 2.45) is 0 Å². The summed E-state index contributed by atoms with van der Waals surface area (Å²) in [5.41, 5.74) is 2.43. The Morgan fingerprint density at radius 2 is 1.64 bits per heavy atom. The number of benzene rings is 2. The normalized spacial score (nSPS) is 13.8. The Kier molecular flexibility index (Phi) is 6.24. The highest BCUT2D eigenvalue weighted by atomic mass is 16.5. The minimum absolute atomic E-state index is 0.0467. The second-order valence-corrected chi connectivity index (χ2v) is 7.43. The molecule has 134 valence electrons. The van der Waals surface area contributed by atoms with Gasteiger partial charge in [0.05, 0.1) is 6.04 Å². The van der Waals surface area contributed by atoms with E-state index in [1.807, 2.05) is 56.3 Å². The lowest BCUT2D eigenvalue weighted by atomic mass is 9.87. The average Bonchev–Trinajstić information content (AvgIpc) is 2.60. The summed E-state index contributed by atoms with van der Waals surface area (Å²) in [7, 11) is 0. The van der Waals surface area contributed by atoms with Crippen LogP contribution in [0.15, 0.2) is 54.6 Å². The van der Waals surface area contributed by atoms with E-state index in [0.29, 0.717) is 6.42 Å². The van der Waals surface area contributed by atoms with E-state index < -0.39 is 6.10 Å². The molecule has 0 aliphatic carbocycles. The summed E-state index contributed by atoms with van der Waals surface area (Å²) in [4.78, 5) is 12.6. The Labute approximate surface area is 151 Å². The summed E-state index contributed by atoms with van der Waals surface area (Å²) in [6.07, 6.45) is 0.126. The van der Waals surface area contributed by atoms with Crippen LogP contribution in [0, 0.1) is 0 Å². The Morgan fingerprint density at radius 3 is 2.16 bits per heavy atom.